The van der Waals surface area contributed by atoms with E-state index in [1.165, 1.54) is 12.8 Å². The van der Waals surface area contributed by atoms with Gasteiger partial charge in [-0.2, -0.15) is 0 Å². The fourth-order valence-corrected chi connectivity index (χ4v) is 4.02. The molecule has 1 saturated carbocycles. The predicted octanol–water partition coefficient (Wildman–Crippen LogP) is 2.79. The van der Waals surface area contributed by atoms with Gasteiger partial charge >= 0.3 is 0 Å². The summed E-state index contributed by atoms with van der Waals surface area (Å²) >= 11 is 0. The second-order valence-electron chi connectivity index (χ2n) is 7.06. The first kappa shape index (κ1) is 14.8. The lowest BCUT2D eigenvalue weighted by atomic mass is 9.72. The summed E-state index contributed by atoms with van der Waals surface area (Å²) in [5.41, 5.74) is 5.77. The summed E-state index contributed by atoms with van der Waals surface area (Å²) in [5, 5.41) is 0. The number of carbonyl (C=O) groups is 1. The average molecular weight is 266 g/mol. The van der Waals surface area contributed by atoms with Crippen LogP contribution in [0, 0.1) is 17.3 Å². The van der Waals surface area contributed by atoms with Crippen LogP contribution >= 0.6 is 0 Å². The number of nitrogens with two attached hydrogens (primary N) is 1. The van der Waals surface area contributed by atoms with Crippen molar-refractivity contribution in [2.24, 2.45) is 23.0 Å². The first-order valence-electron chi connectivity index (χ1n) is 8.01. The van der Waals surface area contributed by atoms with Crippen molar-refractivity contribution in [1.82, 2.24) is 4.90 Å². The van der Waals surface area contributed by atoms with Crippen molar-refractivity contribution in [3.05, 3.63) is 0 Å². The highest BCUT2D eigenvalue weighted by molar-refractivity contribution is 5.83. The van der Waals surface area contributed by atoms with Gasteiger partial charge in [-0.15, -0.1) is 0 Å². The fraction of sp³-hybridized carbons (Fsp3) is 0.938. The Morgan fingerprint density at radius 2 is 1.84 bits per heavy atom. The lowest BCUT2D eigenvalue weighted by Gasteiger charge is -2.46. The zero-order chi connectivity index (χ0) is 14.0. The molecule has 0 bridgehead atoms. The molecule has 2 rings (SSSR count). The summed E-state index contributed by atoms with van der Waals surface area (Å²) < 4.78 is 0. The van der Waals surface area contributed by atoms with E-state index in [9.17, 15) is 4.79 Å². The molecular weight excluding hydrogens is 236 g/mol. The Hall–Kier alpha value is -0.570. The molecule has 0 aromatic carbocycles. The van der Waals surface area contributed by atoms with E-state index in [0.29, 0.717) is 30.3 Å². The van der Waals surface area contributed by atoms with Gasteiger partial charge in [-0.25, -0.2) is 0 Å². The Balaban J connectivity index is 2.16. The van der Waals surface area contributed by atoms with Crippen LogP contribution in [0.2, 0.25) is 0 Å². The van der Waals surface area contributed by atoms with Gasteiger partial charge in [-0.05, 0) is 38.0 Å². The third kappa shape index (κ3) is 2.81. The second kappa shape index (κ2) is 5.82. The van der Waals surface area contributed by atoms with Crippen LogP contribution in [0.3, 0.4) is 0 Å². The summed E-state index contributed by atoms with van der Waals surface area (Å²) in [6.45, 7) is 8.20. The second-order valence-corrected chi connectivity index (χ2v) is 7.06. The Morgan fingerprint density at radius 3 is 2.42 bits per heavy atom. The number of rotatable bonds is 2. The van der Waals surface area contributed by atoms with Crippen molar-refractivity contribution in [3.63, 3.8) is 0 Å². The van der Waals surface area contributed by atoms with E-state index in [4.69, 9.17) is 5.73 Å². The van der Waals surface area contributed by atoms with Crippen molar-refractivity contribution in [2.75, 3.05) is 13.1 Å². The minimum absolute atomic E-state index is 0.247. The van der Waals surface area contributed by atoms with E-state index in [1.807, 2.05) is 0 Å². The van der Waals surface area contributed by atoms with Gasteiger partial charge in [-0.3, -0.25) is 4.79 Å². The molecule has 19 heavy (non-hydrogen) atoms. The molecule has 1 aliphatic carbocycles. The van der Waals surface area contributed by atoms with Gasteiger partial charge in [0.15, 0.2) is 0 Å². The van der Waals surface area contributed by atoms with Gasteiger partial charge < -0.3 is 10.6 Å². The number of hydrogen-bond donors (Lipinski definition) is 1. The number of amides is 1. The van der Waals surface area contributed by atoms with Gasteiger partial charge in [-0.1, -0.05) is 33.1 Å². The van der Waals surface area contributed by atoms with Crippen LogP contribution in [0.25, 0.3) is 0 Å². The number of carbonyl (C=O) groups excluding carboxylic acids is 1. The fourth-order valence-electron chi connectivity index (χ4n) is 4.02. The molecule has 1 amide bonds. The predicted molar refractivity (Wildman–Crippen MR) is 78.7 cm³/mol. The number of hydrogen-bond acceptors (Lipinski definition) is 2. The summed E-state index contributed by atoms with van der Waals surface area (Å²) in [6.07, 6.45) is 6.81. The molecule has 2 aliphatic rings. The Morgan fingerprint density at radius 1 is 1.21 bits per heavy atom. The zero-order valence-electron chi connectivity index (χ0n) is 12.8. The molecule has 110 valence electrons. The SMILES string of the molecule is CC1CC(C)C(C)N(C(=O)C2(CN)CCCCC2)C1. The number of piperidine rings is 1. The van der Waals surface area contributed by atoms with Crippen molar-refractivity contribution in [1.29, 1.82) is 0 Å². The van der Waals surface area contributed by atoms with Crippen LogP contribution < -0.4 is 5.73 Å². The first-order valence-corrected chi connectivity index (χ1v) is 8.01. The third-order valence-electron chi connectivity index (χ3n) is 5.51. The smallest absolute Gasteiger partial charge is 0.230 e. The first-order chi connectivity index (χ1) is 9.00. The van der Waals surface area contributed by atoms with E-state index in [-0.39, 0.29) is 5.41 Å². The highest BCUT2D eigenvalue weighted by atomic mass is 16.2. The molecule has 1 heterocycles. The number of likely N-dealkylation sites (tertiary alicyclic amines) is 1. The molecule has 3 nitrogen and oxygen atoms in total. The van der Waals surface area contributed by atoms with Crippen LogP contribution in [0.5, 0.6) is 0 Å². The maximum Gasteiger partial charge on any atom is 0.230 e. The molecule has 0 spiro atoms. The Labute approximate surface area is 117 Å². The topological polar surface area (TPSA) is 46.3 Å². The monoisotopic (exact) mass is 266 g/mol. The normalized spacial score (nSPS) is 35.2. The van der Waals surface area contributed by atoms with Crippen molar-refractivity contribution in [2.45, 2.75) is 65.3 Å². The molecule has 0 aromatic rings. The van der Waals surface area contributed by atoms with Crippen molar-refractivity contribution in [3.8, 4) is 0 Å². The Kier molecular flexibility index (Phi) is 4.54. The maximum atomic E-state index is 13.1. The summed E-state index contributed by atoms with van der Waals surface area (Å²) in [6, 6.07) is 0.369. The van der Waals surface area contributed by atoms with E-state index in [1.54, 1.807) is 0 Å². The van der Waals surface area contributed by atoms with E-state index < -0.39 is 0 Å². The molecule has 1 aliphatic heterocycles. The standard InChI is InChI=1S/C16H30N2O/c1-12-9-13(2)14(3)18(10-12)15(19)16(11-17)7-5-4-6-8-16/h12-14H,4-11,17H2,1-3H3. The number of nitrogens with zero attached hydrogens (tertiary/aromatic N) is 1. The summed E-state index contributed by atoms with van der Waals surface area (Å²) in [7, 11) is 0. The largest absolute Gasteiger partial charge is 0.339 e. The summed E-state index contributed by atoms with van der Waals surface area (Å²) in [4.78, 5) is 15.2. The highest BCUT2D eigenvalue weighted by Gasteiger charge is 2.44. The molecule has 2 N–H and O–H groups in total. The van der Waals surface area contributed by atoms with E-state index in [2.05, 4.69) is 25.7 Å². The molecule has 0 aromatic heterocycles. The van der Waals surface area contributed by atoms with Gasteiger partial charge in [0.2, 0.25) is 5.91 Å². The summed E-state index contributed by atoms with van der Waals surface area (Å²) in [5.74, 6) is 1.57. The third-order valence-corrected chi connectivity index (χ3v) is 5.51. The quantitative estimate of drug-likeness (QED) is 0.835. The van der Waals surface area contributed by atoms with Crippen LogP contribution in [-0.4, -0.2) is 29.9 Å². The lowest BCUT2D eigenvalue weighted by Crippen LogP contribution is -2.56. The Bertz CT molecular complexity index is 323. The average Bonchev–Trinajstić information content (AvgIpc) is 2.42. The minimum Gasteiger partial charge on any atom is -0.339 e. The molecule has 3 unspecified atom stereocenters. The van der Waals surface area contributed by atoms with Gasteiger partial charge in [0.1, 0.15) is 0 Å². The van der Waals surface area contributed by atoms with Gasteiger partial charge in [0.05, 0.1) is 5.41 Å². The van der Waals surface area contributed by atoms with E-state index in [0.717, 1.165) is 32.2 Å². The lowest BCUT2D eigenvalue weighted by molar-refractivity contribution is -0.149. The van der Waals surface area contributed by atoms with Gasteiger partial charge in [0.25, 0.3) is 0 Å². The zero-order valence-corrected chi connectivity index (χ0v) is 12.8. The highest BCUT2D eigenvalue weighted by Crippen LogP contribution is 2.39. The molecular formula is C16H30N2O. The van der Waals surface area contributed by atoms with Crippen molar-refractivity contribution < 1.29 is 4.79 Å². The van der Waals surface area contributed by atoms with E-state index >= 15 is 0 Å². The molecule has 0 radical (unpaired) electrons. The van der Waals surface area contributed by atoms with Crippen LogP contribution in [0.15, 0.2) is 0 Å². The molecule has 3 heteroatoms. The minimum atomic E-state index is -0.247. The van der Waals surface area contributed by atoms with Crippen LogP contribution in [0.4, 0.5) is 0 Å². The van der Waals surface area contributed by atoms with Crippen LogP contribution in [-0.2, 0) is 4.79 Å². The van der Waals surface area contributed by atoms with Crippen LogP contribution in [0.1, 0.15) is 59.3 Å². The molecule has 1 saturated heterocycles. The van der Waals surface area contributed by atoms with Crippen molar-refractivity contribution >= 4 is 5.91 Å². The molecule has 2 fully saturated rings. The van der Waals surface area contributed by atoms with Gasteiger partial charge in [0, 0.05) is 19.1 Å². The molecule has 3 atom stereocenters. The maximum absolute atomic E-state index is 13.1.